The lowest BCUT2D eigenvalue weighted by Crippen LogP contribution is -2.42. The van der Waals surface area contributed by atoms with E-state index in [1.807, 2.05) is 6.92 Å². The topological polar surface area (TPSA) is 47.7 Å². The molecule has 0 saturated carbocycles. The van der Waals surface area contributed by atoms with Crippen LogP contribution in [0.15, 0.2) is 36.4 Å². The Morgan fingerprint density at radius 1 is 1.18 bits per heavy atom. The van der Waals surface area contributed by atoms with Gasteiger partial charge in [-0.2, -0.15) is 0 Å². The van der Waals surface area contributed by atoms with Crippen LogP contribution in [0, 0.1) is 0 Å². The summed E-state index contributed by atoms with van der Waals surface area (Å²) in [6.45, 7) is 6.62. The van der Waals surface area contributed by atoms with Gasteiger partial charge in [-0.3, -0.25) is 4.90 Å². The standard InChI is InChI=1S/C18H24N2O2/c1-2-22-17-8-7-14-5-3-4-6-15(14)18(17)16(13-19)20-9-11-21-12-10-20/h3-8,16H,2,9-13,19H2,1H3. The number of ether oxygens (including phenoxy) is 2. The van der Waals surface area contributed by atoms with Gasteiger partial charge >= 0.3 is 0 Å². The van der Waals surface area contributed by atoms with Crippen molar-refractivity contribution in [3.8, 4) is 5.75 Å². The summed E-state index contributed by atoms with van der Waals surface area (Å²) in [5.74, 6) is 0.947. The Hall–Kier alpha value is -1.62. The molecule has 0 aliphatic carbocycles. The molecular formula is C18H24N2O2. The van der Waals surface area contributed by atoms with E-state index in [1.165, 1.54) is 16.3 Å². The van der Waals surface area contributed by atoms with Crippen molar-refractivity contribution in [3.63, 3.8) is 0 Å². The molecule has 1 aliphatic rings. The number of morpholine rings is 1. The normalized spacial score (nSPS) is 17.5. The first-order valence-corrected chi connectivity index (χ1v) is 8.01. The van der Waals surface area contributed by atoms with Crippen LogP contribution >= 0.6 is 0 Å². The van der Waals surface area contributed by atoms with Gasteiger partial charge in [-0.25, -0.2) is 0 Å². The first-order chi connectivity index (χ1) is 10.8. The quantitative estimate of drug-likeness (QED) is 0.922. The molecule has 2 aromatic carbocycles. The smallest absolute Gasteiger partial charge is 0.124 e. The van der Waals surface area contributed by atoms with Gasteiger partial charge in [0.25, 0.3) is 0 Å². The highest BCUT2D eigenvalue weighted by Gasteiger charge is 2.25. The molecule has 1 saturated heterocycles. The van der Waals surface area contributed by atoms with Crippen LogP contribution in [0.1, 0.15) is 18.5 Å². The highest BCUT2D eigenvalue weighted by atomic mass is 16.5. The number of benzene rings is 2. The predicted octanol–water partition coefficient (Wildman–Crippen LogP) is 2.57. The van der Waals surface area contributed by atoms with Crippen LogP contribution in [-0.4, -0.2) is 44.4 Å². The molecule has 0 amide bonds. The molecule has 2 N–H and O–H groups in total. The summed E-state index contributed by atoms with van der Waals surface area (Å²) in [4.78, 5) is 2.41. The van der Waals surface area contributed by atoms with Gasteiger partial charge in [-0.05, 0) is 23.8 Å². The summed E-state index contributed by atoms with van der Waals surface area (Å²) in [7, 11) is 0. The monoisotopic (exact) mass is 300 g/mol. The Labute approximate surface area is 131 Å². The van der Waals surface area contributed by atoms with E-state index in [-0.39, 0.29) is 6.04 Å². The first kappa shape index (κ1) is 15.3. The van der Waals surface area contributed by atoms with Crippen molar-refractivity contribution in [2.45, 2.75) is 13.0 Å². The molecule has 1 aliphatic heterocycles. The fourth-order valence-electron chi connectivity index (χ4n) is 3.24. The molecule has 2 aromatic rings. The van der Waals surface area contributed by atoms with Crippen LogP contribution in [0.5, 0.6) is 5.75 Å². The van der Waals surface area contributed by atoms with E-state index in [0.29, 0.717) is 13.2 Å². The zero-order chi connectivity index (χ0) is 15.4. The molecule has 0 radical (unpaired) electrons. The van der Waals surface area contributed by atoms with Gasteiger partial charge in [0, 0.05) is 25.2 Å². The van der Waals surface area contributed by atoms with Crippen LogP contribution in [-0.2, 0) is 4.74 Å². The second-order valence-corrected chi connectivity index (χ2v) is 5.53. The van der Waals surface area contributed by atoms with Crippen molar-refractivity contribution >= 4 is 10.8 Å². The molecule has 0 bridgehead atoms. The first-order valence-electron chi connectivity index (χ1n) is 8.01. The van der Waals surface area contributed by atoms with Crippen LogP contribution < -0.4 is 10.5 Å². The van der Waals surface area contributed by atoms with Gasteiger partial charge in [0.05, 0.1) is 25.9 Å². The van der Waals surface area contributed by atoms with Gasteiger partial charge in [0.1, 0.15) is 5.75 Å². The minimum atomic E-state index is 0.163. The lowest BCUT2D eigenvalue weighted by atomic mass is 9.96. The number of rotatable bonds is 5. The molecule has 4 nitrogen and oxygen atoms in total. The molecule has 3 rings (SSSR count). The van der Waals surface area contributed by atoms with Crippen molar-refractivity contribution in [1.82, 2.24) is 4.90 Å². The third-order valence-electron chi connectivity index (χ3n) is 4.27. The fraction of sp³-hybridized carbons (Fsp3) is 0.444. The largest absolute Gasteiger partial charge is 0.494 e. The molecule has 1 unspecified atom stereocenters. The minimum Gasteiger partial charge on any atom is -0.494 e. The zero-order valence-electron chi connectivity index (χ0n) is 13.1. The summed E-state index contributed by atoms with van der Waals surface area (Å²) >= 11 is 0. The van der Waals surface area contributed by atoms with Crippen molar-refractivity contribution < 1.29 is 9.47 Å². The Morgan fingerprint density at radius 2 is 1.95 bits per heavy atom. The Morgan fingerprint density at radius 3 is 2.68 bits per heavy atom. The van der Waals surface area contributed by atoms with Crippen LogP contribution in [0.25, 0.3) is 10.8 Å². The molecule has 0 spiro atoms. The SMILES string of the molecule is CCOc1ccc2ccccc2c1C(CN)N1CCOCC1. The van der Waals surface area contributed by atoms with E-state index >= 15 is 0 Å². The fourth-order valence-corrected chi connectivity index (χ4v) is 3.24. The number of fused-ring (bicyclic) bond motifs is 1. The summed E-state index contributed by atoms with van der Waals surface area (Å²) in [6.07, 6.45) is 0. The van der Waals surface area contributed by atoms with Crippen molar-refractivity contribution in [1.29, 1.82) is 0 Å². The van der Waals surface area contributed by atoms with Gasteiger partial charge in [0.2, 0.25) is 0 Å². The average Bonchev–Trinajstić information content (AvgIpc) is 2.58. The molecule has 0 aromatic heterocycles. The molecule has 22 heavy (non-hydrogen) atoms. The number of hydrogen-bond acceptors (Lipinski definition) is 4. The maximum atomic E-state index is 6.15. The summed E-state index contributed by atoms with van der Waals surface area (Å²) in [5, 5.41) is 2.46. The second kappa shape index (κ2) is 7.09. The van der Waals surface area contributed by atoms with Gasteiger partial charge in [-0.1, -0.05) is 30.3 Å². The van der Waals surface area contributed by atoms with E-state index in [0.717, 1.165) is 32.1 Å². The molecular weight excluding hydrogens is 276 g/mol. The van der Waals surface area contributed by atoms with Crippen LogP contribution in [0.2, 0.25) is 0 Å². The Balaban J connectivity index is 2.09. The summed E-state index contributed by atoms with van der Waals surface area (Å²) in [5.41, 5.74) is 7.37. The molecule has 1 atom stereocenters. The third-order valence-corrected chi connectivity index (χ3v) is 4.27. The van der Waals surface area contributed by atoms with Crippen molar-refractivity contribution in [3.05, 3.63) is 42.0 Å². The highest BCUT2D eigenvalue weighted by Crippen LogP contribution is 2.36. The summed E-state index contributed by atoms with van der Waals surface area (Å²) < 4.78 is 11.4. The maximum Gasteiger partial charge on any atom is 0.124 e. The lowest BCUT2D eigenvalue weighted by molar-refractivity contribution is 0.0176. The van der Waals surface area contributed by atoms with E-state index in [2.05, 4.69) is 41.3 Å². The Kier molecular flexibility index (Phi) is 4.93. The van der Waals surface area contributed by atoms with E-state index in [1.54, 1.807) is 0 Å². The molecule has 1 heterocycles. The average molecular weight is 300 g/mol. The van der Waals surface area contributed by atoms with Gasteiger partial charge in [0.15, 0.2) is 0 Å². The zero-order valence-corrected chi connectivity index (χ0v) is 13.1. The summed E-state index contributed by atoms with van der Waals surface area (Å²) in [6, 6.07) is 12.8. The molecule has 1 fully saturated rings. The maximum absolute atomic E-state index is 6.15. The van der Waals surface area contributed by atoms with Crippen molar-refractivity contribution in [2.24, 2.45) is 5.73 Å². The van der Waals surface area contributed by atoms with Crippen molar-refractivity contribution in [2.75, 3.05) is 39.5 Å². The van der Waals surface area contributed by atoms with E-state index in [9.17, 15) is 0 Å². The van der Waals surface area contributed by atoms with Gasteiger partial charge < -0.3 is 15.2 Å². The van der Waals surface area contributed by atoms with Gasteiger partial charge in [-0.15, -0.1) is 0 Å². The lowest BCUT2D eigenvalue weighted by Gasteiger charge is -2.35. The number of nitrogens with zero attached hydrogens (tertiary/aromatic N) is 1. The molecule has 118 valence electrons. The van der Waals surface area contributed by atoms with Crippen LogP contribution in [0.3, 0.4) is 0 Å². The molecule has 4 heteroatoms. The predicted molar refractivity (Wildman–Crippen MR) is 89.3 cm³/mol. The Bertz CT molecular complexity index is 624. The highest BCUT2D eigenvalue weighted by molar-refractivity contribution is 5.88. The minimum absolute atomic E-state index is 0.163. The number of nitrogens with two attached hydrogens (primary N) is 1. The second-order valence-electron chi connectivity index (χ2n) is 5.53. The third kappa shape index (κ3) is 2.95. The number of hydrogen-bond donors (Lipinski definition) is 1. The van der Waals surface area contributed by atoms with Crippen LogP contribution in [0.4, 0.5) is 0 Å². The van der Waals surface area contributed by atoms with E-state index in [4.69, 9.17) is 15.2 Å². The van der Waals surface area contributed by atoms with E-state index < -0.39 is 0 Å².